The summed E-state index contributed by atoms with van der Waals surface area (Å²) in [4.78, 5) is 14.3. The van der Waals surface area contributed by atoms with Crippen molar-refractivity contribution in [1.29, 1.82) is 0 Å². The Labute approximate surface area is 111 Å². The molecule has 104 valence electrons. The molecule has 3 heteroatoms. The van der Waals surface area contributed by atoms with Crippen LogP contribution < -0.4 is 5.32 Å². The fourth-order valence-electron chi connectivity index (χ4n) is 3.20. The fourth-order valence-corrected chi connectivity index (χ4v) is 3.20. The molecule has 1 saturated heterocycles. The van der Waals surface area contributed by atoms with E-state index < -0.39 is 0 Å². The molecule has 1 aliphatic carbocycles. The average molecular weight is 252 g/mol. The van der Waals surface area contributed by atoms with E-state index in [9.17, 15) is 4.79 Å². The van der Waals surface area contributed by atoms with Gasteiger partial charge in [-0.05, 0) is 44.6 Å². The summed E-state index contributed by atoms with van der Waals surface area (Å²) in [5.74, 6) is 1.98. The maximum absolute atomic E-state index is 12.2. The molecule has 0 spiro atoms. The molecule has 1 heterocycles. The lowest BCUT2D eigenvalue weighted by Gasteiger charge is -2.26. The van der Waals surface area contributed by atoms with Crippen LogP contribution in [0.15, 0.2) is 0 Å². The van der Waals surface area contributed by atoms with Crippen molar-refractivity contribution in [2.24, 2.45) is 11.8 Å². The number of nitrogens with zero attached hydrogens (tertiary/aromatic N) is 1. The van der Waals surface area contributed by atoms with Gasteiger partial charge in [0.1, 0.15) is 0 Å². The molecule has 2 aliphatic rings. The number of hydrogen-bond acceptors (Lipinski definition) is 2. The summed E-state index contributed by atoms with van der Waals surface area (Å²) in [6.45, 7) is 4.15. The first-order valence-electron chi connectivity index (χ1n) is 7.69. The Kier molecular flexibility index (Phi) is 5.04. The SMILES string of the molecule is CCCC1CCC(=O)N(CC(NC)C2CC2)CC1. The zero-order valence-electron chi connectivity index (χ0n) is 12.0. The van der Waals surface area contributed by atoms with E-state index in [-0.39, 0.29) is 0 Å². The van der Waals surface area contributed by atoms with Crippen molar-refractivity contribution in [2.75, 3.05) is 20.1 Å². The molecule has 0 radical (unpaired) electrons. The van der Waals surface area contributed by atoms with Crippen molar-refractivity contribution in [3.8, 4) is 0 Å². The van der Waals surface area contributed by atoms with Crippen LogP contribution in [-0.2, 0) is 4.79 Å². The molecule has 0 aromatic heterocycles. The third-order valence-electron chi connectivity index (χ3n) is 4.60. The molecule has 0 bridgehead atoms. The maximum Gasteiger partial charge on any atom is 0.222 e. The van der Waals surface area contributed by atoms with E-state index >= 15 is 0 Å². The lowest BCUT2D eigenvalue weighted by atomic mass is 9.96. The van der Waals surface area contributed by atoms with Crippen LogP contribution in [0.4, 0.5) is 0 Å². The monoisotopic (exact) mass is 252 g/mol. The van der Waals surface area contributed by atoms with Gasteiger partial charge < -0.3 is 10.2 Å². The van der Waals surface area contributed by atoms with Gasteiger partial charge in [-0.15, -0.1) is 0 Å². The zero-order valence-corrected chi connectivity index (χ0v) is 12.0. The van der Waals surface area contributed by atoms with Crippen LogP contribution in [0, 0.1) is 11.8 Å². The number of likely N-dealkylation sites (N-methyl/N-ethyl adjacent to an activating group) is 1. The average Bonchev–Trinajstić information content (AvgIpc) is 3.19. The molecule has 1 N–H and O–H groups in total. The second-order valence-electron chi connectivity index (χ2n) is 6.05. The van der Waals surface area contributed by atoms with Crippen LogP contribution in [0.25, 0.3) is 0 Å². The highest BCUT2D eigenvalue weighted by atomic mass is 16.2. The first-order chi connectivity index (χ1) is 8.74. The molecule has 1 aliphatic heterocycles. The van der Waals surface area contributed by atoms with E-state index in [2.05, 4.69) is 17.1 Å². The van der Waals surface area contributed by atoms with E-state index in [4.69, 9.17) is 0 Å². The molecule has 2 atom stereocenters. The smallest absolute Gasteiger partial charge is 0.222 e. The van der Waals surface area contributed by atoms with Crippen molar-refractivity contribution in [3.05, 3.63) is 0 Å². The number of amides is 1. The van der Waals surface area contributed by atoms with E-state index in [1.807, 2.05) is 7.05 Å². The van der Waals surface area contributed by atoms with E-state index in [0.29, 0.717) is 11.9 Å². The Balaban J connectivity index is 1.85. The zero-order chi connectivity index (χ0) is 13.0. The molecule has 3 nitrogen and oxygen atoms in total. The van der Waals surface area contributed by atoms with Crippen molar-refractivity contribution < 1.29 is 4.79 Å². The number of carbonyl (C=O) groups is 1. The van der Waals surface area contributed by atoms with Crippen LogP contribution in [-0.4, -0.2) is 37.0 Å². The Hall–Kier alpha value is -0.570. The summed E-state index contributed by atoms with van der Waals surface area (Å²) in [7, 11) is 2.03. The maximum atomic E-state index is 12.2. The Bertz CT molecular complexity index is 276. The van der Waals surface area contributed by atoms with Crippen LogP contribution in [0.1, 0.15) is 51.9 Å². The number of carbonyl (C=O) groups excluding carboxylic acids is 1. The topological polar surface area (TPSA) is 32.3 Å². The summed E-state index contributed by atoms with van der Waals surface area (Å²) in [6, 6.07) is 0.525. The van der Waals surface area contributed by atoms with E-state index in [1.54, 1.807) is 0 Å². The van der Waals surface area contributed by atoms with E-state index in [1.165, 1.54) is 32.1 Å². The highest BCUT2D eigenvalue weighted by Crippen LogP contribution is 2.33. The molecular weight excluding hydrogens is 224 g/mol. The molecule has 1 amide bonds. The van der Waals surface area contributed by atoms with Gasteiger partial charge in [0.05, 0.1) is 0 Å². The highest BCUT2D eigenvalue weighted by Gasteiger charge is 2.33. The van der Waals surface area contributed by atoms with Crippen molar-refractivity contribution >= 4 is 5.91 Å². The summed E-state index contributed by atoms with van der Waals surface area (Å²) < 4.78 is 0. The van der Waals surface area contributed by atoms with Crippen molar-refractivity contribution in [2.45, 2.75) is 57.9 Å². The van der Waals surface area contributed by atoms with Gasteiger partial charge in [0, 0.05) is 25.6 Å². The number of nitrogens with one attached hydrogen (secondary N) is 1. The third kappa shape index (κ3) is 3.71. The fraction of sp³-hybridized carbons (Fsp3) is 0.933. The minimum absolute atomic E-state index is 0.384. The quantitative estimate of drug-likeness (QED) is 0.787. The molecule has 18 heavy (non-hydrogen) atoms. The minimum Gasteiger partial charge on any atom is -0.341 e. The van der Waals surface area contributed by atoms with Crippen molar-refractivity contribution in [3.63, 3.8) is 0 Å². The molecule has 0 aromatic carbocycles. The Morgan fingerprint density at radius 2 is 2.11 bits per heavy atom. The van der Waals surface area contributed by atoms with Gasteiger partial charge in [-0.25, -0.2) is 0 Å². The van der Waals surface area contributed by atoms with Crippen LogP contribution in [0.5, 0.6) is 0 Å². The summed E-state index contributed by atoms with van der Waals surface area (Å²) in [5, 5.41) is 3.39. The first-order valence-corrected chi connectivity index (χ1v) is 7.69. The predicted molar refractivity (Wildman–Crippen MR) is 74.4 cm³/mol. The second kappa shape index (κ2) is 6.55. The molecule has 1 saturated carbocycles. The summed E-state index contributed by atoms with van der Waals surface area (Å²) in [5.41, 5.74) is 0. The second-order valence-corrected chi connectivity index (χ2v) is 6.05. The lowest BCUT2D eigenvalue weighted by Crippen LogP contribution is -2.43. The minimum atomic E-state index is 0.384. The molecule has 2 rings (SSSR count). The van der Waals surface area contributed by atoms with E-state index in [0.717, 1.165) is 37.8 Å². The van der Waals surface area contributed by atoms with Gasteiger partial charge in [0.15, 0.2) is 0 Å². The van der Waals surface area contributed by atoms with Gasteiger partial charge in [-0.1, -0.05) is 19.8 Å². The van der Waals surface area contributed by atoms with Gasteiger partial charge in [-0.3, -0.25) is 4.79 Å². The number of hydrogen-bond donors (Lipinski definition) is 1. The number of likely N-dealkylation sites (tertiary alicyclic amines) is 1. The Morgan fingerprint density at radius 1 is 1.33 bits per heavy atom. The summed E-state index contributed by atoms with van der Waals surface area (Å²) >= 11 is 0. The standard InChI is InChI=1S/C15H28N2O/c1-3-4-12-5-8-15(18)17(10-9-12)11-14(16-2)13-6-7-13/h12-14,16H,3-11H2,1-2H3. The van der Waals surface area contributed by atoms with Crippen molar-refractivity contribution in [1.82, 2.24) is 10.2 Å². The molecule has 0 aromatic rings. The Morgan fingerprint density at radius 3 is 2.72 bits per heavy atom. The predicted octanol–water partition coefficient (Wildman–Crippen LogP) is 2.41. The third-order valence-corrected chi connectivity index (χ3v) is 4.60. The lowest BCUT2D eigenvalue weighted by molar-refractivity contribution is -0.131. The molecule has 2 fully saturated rings. The van der Waals surface area contributed by atoms with Crippen LogP contribution >= 0.6 is 0 Å². The normalized spacial score (nSPS) is 27.1. The van der Waals surface area contributed by atoms with Crippen LogP contribution in [0.2, 0.25) is 0 Å². The molecular formula is C15H28N2O. The van der Waals surface area contributed by atoms with Crippen LogP contribution in [0.3, 0.4) is 0 Å². The largest absolute Gasteiger partial charge is 0.341 e. The van der Waals surface area contributed by atoms with Gasteiger partial charge >= 0.3 is 0 Å². The first kappa shape index (κ1) is 13.9. The van der Waals surface area contributed by atoms with Gasteiger partial charge in [-0.2, -0.15) is 0 Å². The van der Waals surface area contributed by atoms with Gasteiger partial charge in [0.2, 0.25) is 5.91 Å². The summed E-state index contributed by atoms with van der Waals surface area (Å²) in [6.07, 6.45) is 8.31. The van der Waals surface area contributed by atoms with Gasteiger partial charge in [0.25, 0.3) is 0 Å². The molecule has 2 unspecified atom stereocenters. The highest BCUT2D eigenvalue weighted by molar-refractivity contribution is 5.76. The number of rotatable bonds is 6.